The van der Waals surface area contributed by atoms with Crippen LogP contribution in [0.5, 0.6) is 0 Å². The summed E-state index contributed by atoms with van der Waals surface area (Å²) in [5.41, 5.74) is 0. The lowest BCUT2D eigenvalue weighted by Gasteiger charge is -2.18. The minimum Gasteiger partial charge on any atom is -0.480 e. The smallest absolute Gasteiger partial charge is 0.323 e. The number of carboxylic acid groups (broad SMARTS) is 1. The lowest BCUT2D eigenvalue weighted by Crippen LogP contribution is -2.35. The second-order valence-corrected chi connectivity index (χ2v) is 4.01. The molecule has 0 aromatic rings. The van der Waals surface area contributed by atoms with Crippen molar-refractivity contribution in [2.75, 3.05) is 19.8 Å². The summed E-state index contributed by atoms with van der Waals surface area (Å²) in [4.78, 5) is 23.4. The van der Waals surface area contributed by atoms with Gasteiger partial charge in [-0.1, -0.05) is 19.3 Å². The summed E-state index contributed by atoms with van der Waals surface area (Å²) in [6, 6.07) is 0. The third-order valence-corrected chi connectivity index (χ3v) is 2.58. The molecule has 0 aliphatic heterocycles. The molecule has 5 heteroatoms. The Hall–Kier alpha value is -1.13. The van der Waals surface area contributed by atoms with Crippen LogP contribution in [0.1, 0.15) is 45.4 Å². The molecule has 0 saturated carbocycles. The number of halogens is 1. The number of carboxylic acids is 1. The molecule has 0 fully saturated rings. The second-order valence-electron chi connectivity index (χ2n) is 4.01. The molecule has 4 nitrogen and oxygen atoms in total. The SMILES string of the molecule is CCN(CC(=O)O)C(=O)CCCCCCCF. The first-order valence-corrected chi connectivity index (χ1v) is 6.17. The van der Waals surface area contributed by atoms with Crippen LogP contribution in [-0.2, 0) is 9.59 Å². The van der Waals surface area contributed by atoms with Gasteiger partial charge >= 0.3 is 5.97 Å². The minimum atomic E-state index is -0.983. The van der Waals surface area contributed by atoms with E-state index in [-0.39, 0.29) is 19.1 Å². The fourth-order valence-electron chi connectivity index (χ4n) is 1.60. The first kappa shape index (κ1) is 15.9. The summed E-state index contributed by atoms with van der Waals surface area (Å²) in [6.45, 7) is 1.69. The van der Waals surface area contributed by atoms with Crippen LogP contribution in [0.25, 0.3) is 0 Å². The van der Waals surface area contributed by atoms with Crippen molar-refractivity contribution >= 4 is 11.9 Å². The average molecular weight is 247 g/mol. The molecule has 0 bridgehead atoms. The zero-order valence-electron chi connectivity index (χ0n) is 10.5. The van der Waals surface area contributed by atoms with Gasteiger partial charge in [0.15, 0.2) is 0 Å². The molecular formula is C12H22FNO3. The molecule has 0 heterocycles. The highest BCUT2D eigenvalue weighted by molar-refractivity contribution is 5.81. The Morgan fingerprint density at radius 2 is 1.71 bits per heavy atom. The van der Waals surface area contributed by atoms with Gasteiger partial charge in [-0.15, -0.1) is 0 Å². The molecular weight excluding hydrogens is 225 g/mol. The molecule has 1 amide bonds. The molecule has 0 unspecified atom stereocenters. The highest BCUT2D eigenvalue weighted by Gasteiger charge is 2.13. The van der Waals surface area contributed by atoms with Crippen LogP contribution >= 0.6 is 0 Å². The van der Waals surface area contributed by atoms with Crippen molar-refractivity contribution in [1.29, 1.82) is 0 Å². The monoisotopic (exact) mass is 247 g/mol. The van der Waals surface area contributed by atoms with Gasteiger partial charge in [0.25, 0.3) is 0 Å². The van der Waals surface area contributed by atoms with Gasteiger partial charge in [0, 0.05) is 13.0 Å². The fraction of sp³-hybridized carbons (Fsp3) is 0.833. The summed E-state index contributed by atoms with van der Waals surface area (Å²) in [6.07, 6.45) is 4.42. The number of alkyl halides is 1. The van der Waals surface area contributed by atoms with Crippen LogP contribution in [0.4, 0.5) is 4.39 Å². The highest BCUT2D eigenvalue weighted by Crippen LogP contribution is 2.07. The van der Waals surface area contributed by atoms with Crippen molar-refractivity contribution in [2.45, 2.75) is 45.4 Å². The largest absolute Gasteiger partial charge is 0.480 e. The summed E-state index contributed by atoms with van der Waals surface area (Å²) < 4.78 is 11.8. The van der Waals surface area contributed by atoms with E-state index in [9.17, 15) is 14.0 Å². The quantitative estimate of drug-likeness (QED) is 0.602. The Balaban J connectivity index is 3.64. The lowest BCUT2D eigenvalue weighted by atomic mass is 10.1. The van der Waals surface area contributed by atoms with Gasteiger partial charge in [0.05, 0.1) is 6.67 Å². The zero-order chi connectivity index (χ0) is 13.1. The number of hydrogen-bond acceptors (Lipinski definition) is 2. The number of carbonyl (C=O) groups is 2. The van der Waals surface area contributed by atoms with Gasteiger partial charge in [-0.05, 0) is 19.8 Å². The van der Waals surface area contributed by atoms with E-state index < -0.39 is 5.97 Å². The van der Waals surface area contributed by atoms with Gasteiger partial charge in [-0.3, -0.25) is 14.0 Å². The Morgan fingerprint density at radius 1 is 1.12 bits per heavy atom. The molecule has 0 rings (SSSR count). The third-order valence-electron chi connectivity index (χ3n) is 2.58. The van der Waals surface area contributed by atoms with E-state index in [2.05, 4.69) is 0 Å². The molecule has 0 atom stereocenters. The standard InChI is InChI=1S/C12H22FNO3/c1-2-14(10-12(16)17)11(15)8-6-4-3-5-7-9-13/h2-10H2,1H3,(H,16,17). The van der Waals surface area contributed by atoms with Gasteiger partial charge in [-0.25, -0.2) is 0 Å². The average Bonchev–Trinajstić information content (AvgIpc) is 2.30. The maximum Gasteiger partial charge on any atom is 0.323 e. The highest BCUT2D eigenvalue weighted by atomic mass is 19.1. The second kappa shape index (κ2) is 10.1. The maximum absolute atomic E-state index is 11.8. The van der Waals surface area contributed by atoms with E-state index in [0.29, 0.717) is 19.4 Å². The third kappa shape index (κ3) is 8.65. The predicted octanol–water partition coefficient (Wildman–Crippen LogP) is 2.23. The van der Waals surface area contributed by atoms with Crippen LogP contribution in [0, 0.1) is 0 Å². The number of rotatable bonds is 10. The Bertz CT molecular complexity index is 234. The number of aliphatic carboxylic acids is 1. The molecule has 17 heavy (non-hydrogen) atoms. The maximum atomic E-state index is 11.8. The van der Waals surface area contributed by atoms with E-state index in [1.807, 2.05) is 0 Å². The number of amides is 1. The van der Waals surface area contributed by atoms with Crippen LogP contribution in [0.2, 0.25) is 0 Å². The van der Waals surface area contributed by atoms with E-state index in [1.54, 1.807) is 6.92 Å². The number of likely N-dealkylation sites (N-methyl/N-ethyl adjacent to an activating group) is 1. The molecule has 1 N–H and O–H groups in total. The van der Waals surface area contributed by atoms with Crippen LogP contribution in [0.3, 0.4) is 0 Å². The van der Waals surface area contributed by atoms with E-state index in [4.69, 9.17) is 5.11 Å². The van der Waals surface area contributed by atoms with Crippen LogP contribution in [-0.4, -0.2) is 41.6 Å². The molecule has 0 saturated heterocycles. The fourth-order valence-corrected chi connectivity index (χ4v) is 1.60. The molecule has 0 aliphatic carbocycles. The van der Waals surface area contributed by atoms with Crippen molar-refractivity contribution < 1.29 is 19.1 Å². The molecule has 0 radical (unpaired) electrons. The molecule has 0 spiro atoms. The number of nitrogens with zero attached hydrogens (tertiary/aromatic N) is 1. The summed E-state index contributed by atoms with van der Waals surface area (Å²) in [5, 5.41) is 8.60. The summed E-state index contributed by atoms with van der Waals surface area (Å²) in [7, 11) is 0. The first-order chi connectivity index (χ1) is 8.11. The van der Waals surface area contributed by atoms with E-state index in [1.165, 1.54) is 4.90 Å². The number of unbranched alkanes of at least 4 members (excludes halogenated alkanes) is 4. The lowest BCUT2D eigenvalue weighted by molar-refractivity contribution is -0.144. The van der Waals surface area contributed by atoms with Crippen molar-refractivity contribution in [1.82, 2.24) is 4.90 Å². The zero-order valence-corrected chi connectivity index (χ0v) is 10.5. The van der Waals surface area contributed by atoms with Gasteiger partial charge < -0.3 is 10.0 Å². The normalized spacial score (nSPS) is 10.2. The number of hydrogen-bond donors (Lipinski definition) is 1. The Morgan fingerprint density at radius 3 is 2.24 bits per heavy atom. The Kier molecular flexibility index (Phi) is 9.38. The first-order valence-electron chi connectivity index (χ1n) is 6.17. The van der Waals surface area contributed by atoms with E-state index >= 15 is 0 Å². The van der Waals surface area contributed by atoms with Gasteiger partial charge in [-0.2, -0.15) is 0 Å². The Labute approximate surface area is 102 Å². The predicted molar refractivity (Wildman–Crippen MR) is 63.6 cm³/mol. The topological polar surface area (TPSA) is 57.6 Å². The summed E-state index contributed by atoms with van der Waals surface area (Å²) >= 11 is 0. The van der Waals surface area contributed by atoms with E-state index in [0.717, 1.165) is 25.7 Å². The molecule has 0 aromatic heterocycles. The molecule has 100 valence electrons. The van der Waals surface area contributed by atoms with Crippen LogP contribution in [0.15, 0.2) is 0 Å². The van der Waals surface area contributed by atoms with Crippen molar-refractivity contribution in [2.24, 2.45) is 0 Å². The van der Waals surface area contributed by atoms with Gasteiger partial charge in [0.2, 0.25) is 5.91 Å². The van der Waals surface area contributed by atoms with Crippen molar-refractivity contribution in [3.05, 3.63) is 0 Å². The van der Waals surface area contributed by atoms with Gasteiger partial charge in [0.1, 0.15) is 6.54 Å². The molecule has 0 aliphatic rings. The number of carbonyl (C=O) groups excluding carboxylic acids is 1. The van der Waals surface area contributed by atoms with Crippen molar-refractivity contribution in [3.63, 3.8) is 0 Å². The molecule has 0 aromatic carbocycles. The minimum absolute atomic E-state index is 0.111. The summed E-state index contributed by atoms with van der Waals surface area (Å²) in [5.74, 6) is -1.09. The van der Waals surface area contributed by atoms with Crippen molar-refractivity contribution in [3.8, 4) is 0 Å². The van der Waals surface area contributed by atoms with Crippen LogP contribution < -0.4 is 0 Å².